The minimum Gasteiger partial charge on any atom is -0.314 e. The van der Waals surface area contributed by atoms with Crippen molar-refractivity contribution in [2.45, 2.75) is 52.5 Å². The minimum absolute atomic E-state index is 0.448. The number of hydrogen-bond acceptors (Lipinski definition) is 3. The molecule has 1 fully saturated rings. The molecule has 1 heterocycles. The Morgan fingerprint density at radius 2 is 2.10 bits per heavy atom. The Hall–Kier alpha value is -0.170. The Morgan fingerprint density at radius 3 is 2.70 bits per heavy atom. The SMILES string of the molecule is CCC1CCCN(S(=O)(=O)N(C)CCCNC(C)C)C1. The van der Waals surface area contributed by atoms with E-state index in [4.69, 9.17) is 0 Å². The highest BCUT2D eigenvalue weighted by molar-refractivity contribution is 7.86. The second kappa shape index (κ2) is 8.32. The molecule has 1 rings (SSSR count). The van der Waals surface area contributed by atoms with Gasteiger partial charge in [0.15, 0.2) is 0 Å². The average molecular weight is 305 g/mol. The standard InChI is InChI=1S/C14H31N3O2S/c1-5-14-8-6-11-17(12-14)20(18,19)16(4)10-7-9-15-13(2)3/h13-15H,5-12H2,1-4H3. The number of piperidine rings is 1. The summed E-state index contributed by atoms with van der Waals surface area (Å²) in [4.78, 5) is 0. The van der Waals surface area contributed by atoms with E-state index in [1.807, 2.05) is 0 Å². The third-order valence-corrected chi connectivity index (χ3v) is 5.94. The van der Waals surface area contributed by atoms with E-state index in [1.165, 1.54) is 4.31 Å². The summed E-state index contributed by atoms with van der Waals surface area (Å²) in [6.45, 7) is 9.13. The quantitative estimate of drug-likeness (QED) is 0.694. The summed E-state index contributed by atoms with van der Waals surface area (Å²) in [5.74, 6) is 0.523. The van der Waals surface area contributed by atoms with E-state index in [0.29, 0.717) is 31.6 Å². The third kappa shape index (κ3) is 5.31. The topological polar surface area (TPSA) is 52.7 Å². The predicted octanol–water partition coefficient (Wildman–Crippen LogP) is 1.67. The lowest BCUT2D eigenvalue weighted by atomic mass is 9.97. The molecule has 0 radical (unpaired) electrons. The van der Waals surface area contributed by atoms with Crippen LogP contribution in [-0.4, -0.2) is 56.3 Å². The zero-order valence-corrected chi connectivity index (χ0v) is 14.2. The van der Waals surface area contributed by atoms with Crippen molar-refractivity contribution in [3.8, 4) is 0 Å². The molecule has 0 amide bonds. The second-order valence-corrected chi connectivity index (χ2v) is 8.10. The van der Waals surface area contributed by atoms with E-state index < -0.39 is 10.2 Å². The fourth-order valence-corrected chi connectivity index (χ4v) is 4.09. The van der Waals surface area contributed by atoms with Crippen LogP contribution in [0, 0.1) is 5.92 Å². The molecule has 0 bridgehead atoms. The van der Waals surface area contributed by atoms with Crippen LogP contribution >= 0.6 is 0 Å². The molecule has 1 atom stereocenters. The molecule has 20 heavy (non-hydrogen) atoms. The minimum atomic E-state index is -3.27. The normalized spacial score (nSPS) is 21.8. The lowest BCUT2D eigenvalue weighted by Gasteiger charge is -2.34. The van der Waals surface area contributed by atoms with Gasteiger partial charge in [0.1, 0.15) is 0 Å². The molecular weight excluding hydrogens is 274 g/mol. The maximum absolute atomic E-state index is 12.5. The molecule has 0 aliphatic carbocycles. The molecule has 120 valence electrons. The first-order valence-corrected chi connectivity index (χ1v) is 9.22. The maximum Gasteiger partial charge on any atom is 0.281 e. The monoisotopic (exact) mass is 305 g/mol. The summed E-state index contributed by atoms with van der Waals surface area (Å²) >= 11 is 0. The molecule has 1 saturated heterocycles. The van der Waals surface area contributed by atoms with E-state index in [9.17, 15) is 8.42 Å². The fourth-order valence-electron chi connectivity index (χ4n) is 2.57. The predicted molar refractivity (Wildman–Crippen MR) is 83.9 cm³/mol. The molecule has 1 aliphatic heterocycles. The number of nitrogens with one attached hydrogen (secondary N) is 1. The molecule has 1 unspecified atom stereocenters. The van der Waals surface area contributed by atoms with Crippen molar-refractivity contribution < 1.29 is 8.42 Å². The number of rotatable bonds is 8. The van der Waals surface area contributed by atoms with Crippen LogP contribution in [0.2, 0.25) is 0 Å². The number of hydrogen-bond donors (Lipinski definition) is 1. The van der Waals surface area contributed by atoms with Crippen molar-refractivity contribution in [2.24, 2.45) is 5.92 Å². The van der Waals surface area contributed by atoms with Gasteiger partial charge >= 0.3 is 0 Å². The van der Waals surface area contributed by atoms with Gasteiger partial charge in [-0.25, -0.2) is 0 Å². The average Bonchev–Trinajstić information content (AvgIpc) is 2.43. The number of nitrogens with zero attached hydrogens (tertiary/aromatic N) is 2. The first-order valence-electron chi connectivity index (χ1n) is 7.82. The Labute approximate surface area is 124 Å². The molecule has 0 aromatic heterocycles. The smallest absolute Gasteiger partial charge is 0.281 e. The highest BCUT2D eigenvalue weighted by Crippen LogP contribution is 2.22. The Bertz CT molecular complexity index is 371. The van der Waals surface area contributed by atoms with Gasteiger partial charge < -0.3 is 5.32 Å². The zero-order valence-electron chi connectivity index (χ0n) is 13.4. The van der Waals surface area contributed by atoms with Gasteiger partial charge in [-0.15, -0.1) is 0 Å². The molecule has 0 aromatic carbocycles. The van der Waals surface area contributed by atoms with Crippen LogP contribution in [0.3, 0.4) is 0 Å². The third-order valence-electron chi connectivity index (χ3n) is 3.98. The lowest BCUT2D eigenvalue weighted by molar-refractivity contribution is 0.247. The maximum atomic E-state index is 12.5. The van der Waals surface area contributed by atoms with Crippen molar-refractivity contribution in [1.29, 1.82) is 0 Å². The van der Waals surface area contributed by atoms with Crippen molar-refractivity contribution in [1.82, 2.24) is 13.9 Å². The Balaban J connectivity index is 2.45. The second-order valence-electron chi connectivity index (χ2n) is 6.07. The first kappa shape index (κ1) is 17.9. The summed E-state index contributed by atoms with van der Waals surface area (Å²) < 4.78 is 28.2. The van der Waals surface area contributed by atoms with Gasteiger partial charge in [0.25, 0.3) is 10.2 Å². The molecule has 5 nitrogen and oxygen atoms in total. The van der Waals surface area contributed by atoms with E-state index in [2.05, 4.69) is 26.1 Å². The summed E-state index contributed by atoms with van der Waals surface area (Å²) in [6.07, 6.45) is 4.05. The summed E-state index contributed by atoms with van der Waals surface area (Å²) in [7, 11) is -1.57. The molecule has 6 heteroatoms. The van der Waals surface area contributed by atoms with Crippen LogP contribution in [0.4, 0.5) is 0 Å². The van der Waals surface area contributed by atoms with Crippen LogP contribution in [0.5, 0.6) is 0 Å². The molecule has 1 N–H and O–H groups in total. The fraction of sp³-hybridized carbons (Fsp3) is 1.00. The lowest BCUT2D eigenvalue weighted by Crippen LogP contribution is -2.47. The van der Waals surface area contributed by atoms with E-state index in [-0.39, 0.29) is 0 Å². The summed E-state index contributed by atoms with van der Waals surface area (Å²) in [6, 6.07) is 0.448. The summed E-state index contributed by atoms with van der Waals surface area (Å²) in [5.41, 5.74) is 0. The van der Waals surface area contributed by atoms with Crippen LogP contribution in [0.15, 0.2) is 0 Å². The Morgan fingerprint density at radius 1 is 1.40 bits per heavy atom. The van der Waals surface area contributed by atoms with Gasteiger partial charge in [0, 0.05) is 32.7 Å². The van der Waals surface area contributed by atoms with Crippen LogP contribution in [0.1, 0.15) is 46.5 Å². The highest BCUT2D eigenvalue weighted by Gasteiger charge is 2.30. The van der Waals surface area contributed by atoms with Gasteiger partial charge in [0.2, 0.25) is 0 Å². The van der Waals surface area contributed by atoms with Crippen molar-refractivity contribution in [2.75, 3.05) is 33.2 Å². The van der Waals surface area contributed by atoms with Crippen molar-refractivity contribution in [3.05, 3.63) is 0 Å². The molecule has 0 saturated carbocycles. The van der Waals surface area contributed by atoms with Gasteiger partial charge in [-0.05, 0) is 31.7 Å². The zero-order chi connectivity index (χ0) is 15.2. The molecule has 0 spiro atoms. The van der Waals surface area contributed by atoms with E-state index >= 15 is 0 Å². The highest BCUT2D eigenvalue weighted by atomic mass is 32.2. The summed E-state index contributed by atoms with van der Waals surface area (Å²) in [5, 5.41) is 3.31. The molecule has 0 aromatic rings. The van der Waals surface area contributed by atoms with E-state index in [1.54, 1.807) is 11.4 Å². The van der Waals surface area contributed by atoms with Crippen molar-refractivity contribution in [3.63, 3.8) is 0 Å². The van der Waals surface area contributed by atoms with Crippen LogP contribution < -0.4 is 5.32 Å². The molecular formula is C14H31N3O2S. The van der Waals surface area contributed by atoms with Gasteiger partial charge in [-0.2, -0.15) is 17.0 Å². The van der Waals surface area contributed by atoms with Crippen LogP contribution in [-0.2, 0) is 10.2 Å². The van der Waals surface area contributed by atoms with Crippen molar-refractivity contribution >= 4 is 10.2 Å². The van der Waals surface area contributed by atoms with Gasteiger partial charge in [-0.3, -0.25) is 0 Å². The molecule has 1 aliphatic rings. The van der Waals surface area contributed by atoms with Gasteiger partial charge in [-0.1, -0.05) is 27.2 Å². The largest absolute Gasteiger partial charge is 0.314 e. The Kier molecular flexibility index (Phi) is 7.43. The first-order chi connectivity index (χ1) is 9.37. The van der Waals surface area contributed by atoms with Gasteiger partial charge in [0.05, 0.1) is 0 Å². The van der Waals surface area contributed by atoms with E-state index in [0.717, 1.165) is 32.2 Å². The van der Waals surface area contributed by atoms with Crippen LogP contribution in [0.25, 0.3) is 0 Å².